The zero-order valence-electron chi connectivity index (χ0n) is 9.52. The molecule has 16 heavy (non-hydrogen) atoms. The summed E-state index contributed by atoms with van der Waals surface area (Å²) in [5.41, 5.74) is 5.94. The van der Waals surface area contributed by atoms with Gasteiger partial charge < -0.3 is 15.6 Å². The van der Waals surface area contributed by atoms with Crippen LogP contribution in [0.15, 0.2) is 17.2 Å². The molecule has 5 nitrogen and oxygen atoms in total. The first-order valence-corrected chi connectivity index (χ1v) is 5.72. The average Bonchev–Trinajstić information content (AvgIpc) is 2.29. The van der Waals surface area contributed by atoms with Gasteiger partial charge in [-0.25, -0.2) is 4.98 Å². The minimum absolute atomic E-state index is 0.139. The monoisotopic (exact) mass is 222 g/mol. The van der Waals surface area contributed by atoms with E-state index in [1.807, 2.05) is 11.9 Å². The molecule has 0 amide bonds. The topological polar surface area (TPSA) is 75.0 Å². The molecule has 1 aromatic rings. The van der Waals surface area contributed by atoms with E-state index in [1.54, 1.807) is 12.4 Å². The van der Waals surface area contributed by atoms with Crippen LogP contribution < -0.4 is 16.2 Å². The number of nitrogens with zero attached hydrogens (tertiary/aromatic N) is 2. The van der Waals surface area contributed by atoms with E-state index in [9.17, 15) is 4.79 Å². The highest BCUT2D eigenvalue weighted by Crippen LogP contribution is 2.22. The van der Waals surface area contributed by atoms with Crippen molar-refractivity contribution in [2.24, 2.45) is 5.73 Å². The number of likely N-dealkylation sites (N-methyl/N-ethyl adjacent to an activating group) is 1. The van der Waals surface area contributed by atoms with Crippen molar-refractivity contribution >= 4 is 5.82 Å². The number of H-pyrrole nitrogens is 1. The molecule has 2 atom stereocenters. The van der Waals surface area contributed by atoms with Crippen LogP contribution in [0, 0.1) is 0 Å². The zero-order chi connectivity index (χ0) is 11.5. The Kier molecular flexibility index (Phi) is 3.24. The van der Waals surface area contributed by atoms with Crippen LogP contribution in [0.25, 0.3) is 0 Å². The van der Waals surface area contributed by atoms with Crippen LogP contribution in [-0.2, 0) is 0 Å². The van der Waals surface area contributed by atoms with Gasteiger partial charge in [-0.05, 0) is 12.8 Å². The Morgan fingerprint density at radius 2 is 2.25 bits per heavy atom. The Hall–Kier alpha value is -1.36. The summed E-state index contributed by atoms with van der Waals surface area (Å²) >= 11 is 0. The number of hydrogen-bond donors (Lipinski definition) is 2. The molecule has 1 aliphatic carbocycles. The predicted molar refractivity (Wildman–Crippen MR) is 63.5 cm³/mol. The quantitative estimate of drug-likeness (QED) is 0.763. The molecule has 1 heterocycles. The third kappa shape index (κ3) is 2.09. The van der Waals surface area contributed by atoms with Crippen LogP contribution in [-0.4, -0.2) is 29.1 Å². The van der Waals surface area contributed by atoms with Crippen molar-refractivity contribution < 1.29 is 0 Å². The van der Waals surface area contributed by atoms with Gasteiger partial charge in [0.05, 0.1) is 0 Å². The first-order valence-electron chi connectivity index (χ1n) is 5.72. The van der Waals surface area contributed by atoms with E-state index >= 15 is 0 Å². The summed E-state index contributed by atoms with van der Waals surface area (Å²) in [6.45, 7) is 0. The Balaban J connectivity index is 2.21. The van der Waals surface area contributed by atoms with Gasteiger partial charge in [0, 0.05) is 31.5 Å². The van der Waals surface area contributed by atoms with Crippen molar-refractivity contribution in [2.45, 2.75) is 37.8 Å². The molecule has 0 radical (unpaired) electrons. The molecule has 0 bridgehead atoms. The van der Waals surface area contributed by atoms with Gasteiger partial charge in [0.1, 0.15) is 0 Å². The van der Waals surface area contributed by atoms with Crippen LogP contribution in [0.5, 0.6) is 0 Å². The van der Waals surface area contributed by atoms with Gasteiger partial charge in [-0.15, -0.1) is 0 Å². The smallest absolute Gasteiger partial charge is 0.290 e. The summed E-state index contributed by atoms with van der Waals surface area (Å²) in [5, 5.41) is 0. The van der Waals surface area contributed by atoms with Gasteiger partial charge in [-0.3, -0.25) is 4.79 Å². The summed E-state index contributed by atoms with van der Waals surface area (Å²) in [5.74, 6) is 0.463. The highest BCUT2D eigenvalue weighted by atomic mass is 16.1. The molecule has 1 aliphatic rings. The number of anilines is 1. The molecule has 1 saturated carbocycles. The normalized spacial score (nSPS) is 25.4. The summed E-state index contributed by atoms with van der Waals surface area (Å²) in [7, 11) is 1.90. The van der Waals surface area contributed by atoms with Gasteiger partial charge in [0.25, 0.3) is 5.56 Å². The number of nitrogens with one attached hydrogen (secondary N) is 1. The van der Waals surface area contributed by atoms with Crippen molar-refractivity contribution in [3.05, 3.63) is 22.7 Å². The van der Waals surface area contributed by atoms with Gasteiger partial charge in [0.15, 0.2) is 5.82 Å². The van der Waals surface area contributed by atoms with E-state index in [1.165, 1.54) is 12.8 Å². The van der Waals surface area contributed by atoms with Crippen molar-refractivity contribution in [2.75, 3.05) is 11.9 Å². The first kappa shape index (κ1) is 11.1. The van der Waals surface area contributed by atoms with Gasteiger partial charge in [-0.2, -0.15) is 0 Å². The summed E-state index contributed by atoms with van der Waals surface area (Å²) < 4.78 is 0. The fourth-order valence-corrected chi connectivity index (χ4v) is 2.37. The maximum absolute atomic E-state index is 11.6. The lowest BCUT2D eigenvalue weighted by Crippen LogP contribution is -2.49. The SMILES string of the molecule is CN(c1ncc[nH]c1=O)C1CCCCC1N. The second-order valence-corrected chi connectivity index (χ2v) is 4.37. The van der Waals surface area contributed by atoms with E-state index in [4.69, 9.17) is 5.73 Å². The Bertz CT molecular complexity index is 403. The highest BCUT2D eigenvalue weighted by Gasteiger charge is 2.27. The number of rotatable bonds is 2. The molecule has 0 aliphatic heterocycles. The molecule has 0 spiro atoms. The molecule has 3 N–H and O–H groups in total. The molecule has 2 rings (SSSR count). The molecule has 1 fully saturated rings. The molecule has 2 unspecified atom stereocenters. The first-order chi connectivity index (χ1) is 7.70. The van der Waals surface area contributed by atoms with Crippen LogP contribution >= 0.6 is 0 Å². The average molecular weight is 222 g/mol. The molecular formula is C11H18N4O. The molecule has 0 saturated heterocycles. The number of aromatic amines is 1. The Morgan fingerprint density at radius 3 is 2.94 bits per heavy atom. The minimum atomic E-state index is -0.150. The maximum atomic E-state index is 11.6. The third-order valence-corrected chi connectivity index (χ3v) is 3.30. The van der Waals surface area contributed by atoms with Crippen molar-refractivity contribution in [3.8, 4) is 0 Å². The molecular weight excluding hydrogens is 204 g/mol. The zero-order valence-corrected chi connectivity index (χ0v) is 9.52. The lowest BCUT2D eigenvalue weighted by molar-refractivity contribution is 0.372. The van der Waals surface area contributed by atoms with Crippen LogP contribution in [0.2, 0.25) is 0 Å². The van der Waals surface area contributed by atoms with E-state index in [2.05, 4.69) is 9.97 Å². The van der Waals surface area contributed by atoms with Crippen molar-refractivity contribution in [1.29, 1.82) is 0 Å². The van der Waals surface area contributed by atoms with Crippen LogP contribution in [0.1, 0.15) is 25.7 Å². The van der Waals surface area contributed by atoms with E-state index in [0.29, 0.717) is 5.82 Å². The van der Waals surface area contributed by atoms with Crippen molar-refractivity contribution in [3.63, 3.8) is 0 Å². The van der Waals surface area contributed by atoms with E-state index < -0.39 is 0 Å². The van der Waals surface area contributed by atoms with Gasteiger partial charge in [0.2, 0.25) is 0 Å². The van der Waals surface area contributed by atoms with E-state index in [0.717, 1.165) is 12.8 Å². The summed E-state index contributed by atoms with van der Waals surface area (Å²) in [4.78, 5) is 20.3. The lowest BCUT2D eigenvalue weighted by Gasteiger charge is -2.36. The van der Waals surface area contributed by atoms with Crippen LogP contribution in [0.4, 0.5) is 5.82 Å². The minimum Gasteiger partial charge on any atom is -0.351 e. The van der Waals surface area contributed by atoms with E-state index in [-0.39, 0.29) is 17.6 Å². The number of hydrogen-bond acceptors (Lipinski definition) is 4. The molecule has 1 aromatic heterocycles. The lowest BCUT2D eigenvalue weighted by atomic mass is 9.90. The second-order valence-electron chi connectivity index (χ2n) is 4.37. The third-order valence-electron chi connectivity index (χ3n) is 3.30. The largest absolute Gasteiger partial charge is 0.351 e. The molecule has 88 valence electrons. The Labute approximate surface area is 94.7 Å². The fraction of sp³-hybridized carbons (Fsp3) is 0.636. The standard InChI is InChI=1S/C11H18N4O/c1-15(9-5-3-2-4-8(9)12)10-11(16)14-7-6-13-10/h6-9H,2-5,12H2,1H3,(H,14,16). The van der Waals surface area contributed by atoms with Gasteiger partial charge >= 0.3 is 0 Å². The number of nitrogens with two attached hydrogens (primary N) is 1. The summed E-state index contributed by atoms with van der Waals surface area (Å²) in [6.07, 6.45) is 7.56. The predicted octanol–water partition coefficient (Wildman–Crippen LogP) is 0.476. The maximum Gasteiger partial charge on any atom is 0.290 e. The molecule has 0 aromatic carbocycles. The highest BCUT2D eigenvalue weighted by molar-refractivity contribution is 5.36. The summed E-state index contributed by atoms with van der Waals surface area (Å²) in [6, 6.07) is 0.366. The molecule has 5 heteroatoms. The fourth-order valence-electron chi connectivity index (χ4n) is 2.37. The Morgan fingerprint density at radius 1 is 1.50 bits per heavy atom. The van der Waals surface area contributed by atoms with Crippen LogP contribution in [0.3, 0.4) is 0 Å². The number of aromatic nitrogens is 2. The van der Waals surface area contributed by atoms with Crippen molar-refractivity contribution in [1.82, 2.24) is 9.97 Å². The second kappa shape index (κ2) is 4.65. The van der Waals surface area contributed by atoms with Gasteiger partial charge in [-0.1, -0.05) is 12.8 Å².